The van der Waals surface area contributed by atoms with Gasteiger partial charge in [-0.05, 0) is 56.9 Å². The van der Waals surface area contributed by atoms with Crippen LogP contribution in [0, 0.1) is 6.92 Å². The average Bonchev–Trinajstić information content (AvgIpc) is 2.79. The number of benzene rings is 2. The Hall–Kier alpha value is -2.87. The van der Waals surface area contributed by atoms with Gasteiger partial charge in [-0.2, -0.15) is 0 Å². The van der Waals surface area contributed by atoms with Crippen molar-refractivity contribution in [3.05, 3.63) is 65.7 Å². The van der Waals surface area contributed by atoms with E-state index in [1.54, 1.807) is 17.9 Å². The first-order valence-corrected chi connectivity index (χ1v) is 13.6. The maximum atomic E-state index is 13.2. The summed E-state index contributed by atoms with van der Waals surface area (Å²) >= 11 is 0. The lowest BCUT2D eigenvalue weighted by atomic mass is 10.1. The SMILES string of the molecule is CC[C@H](C)NC(=O)[C@H](C)N(Cc1ccccc1)C(=O)CCCN(c1cccc(C)c1)S(C)(=O)=O. The molecule has 0 saturated heterocycles. The minimum atomic E-state index is -3.50. The number of amides is 2. The van der Waals surface area contributed by atoms with Gasteiger partial charge in [0.1, 0.15) is 6.04 Å². The number of rotatable bonds is 12. The summed E-state index contributed by atoms with van der Waals surface area (Å²) in [6, 6.07) is 16.2. The van der Waals surface area contributed by atoms with Gasteiger partial charge in [-0.3, -0.25) is 13.9 Å². The molecule has 2 aromatic rings. The van der Waals surface area contributed by atoms with Crippen LogP contribution in [0.25, 0.3) is 0 Å². The molecule has 2 aromatic carbocycles. The molecule has 0 fully saturated rings. The summed E-state index contributed by atoms with van der Waals surface area (Å²) in [6.07, 6.45) is 2.43. The molecule has 2 amide bonds. The topological polar surface area (TPSA) is 86.8 Å². The van der Waals surface area contributed by atoms with Gasteiger partial charge in [0.2, 0.25) is 21.8 Å². The van der Waals surface area contributed by atoms with Crippen LogP contribution in [0.5, 0.6) is 0 Å². The van der Waals surface area contributed by atoms with Crippen LogP contribution < -0.4 is 9.62 Å². The second-order valence-electron chi connectivity index (χ2n) is 8.78. The van der Waals surface area contributed by atoms with Gasteiger partial charge in [0.15, 0.2) is 0 Å². The summed E-state index contributed by atoms with van der Waals surface area (Å²) in [6.45, 7) is 8.04. The zero-order chi connectivity index (χ0) is 25.3. The van der Waals surface area contributed by atoms with Crippen LogP contribution in [-0.4, -0.2) is 50.0 Å². The highest BCUT2D eigenvalue weighted by atomic mass is 32.2. The Labute approximate surface area is 204 Å². The molecule has 0 aromatic heterocycles. The fourth-order valence-corrected chi connectivity index (χ4v) is 4.57. The summed E-state index contributed by atoms with van der Waals surface area (Å²) in [5.74, 6) is -0.385. The molecule has 2 atom stereocenters. The summed E-state index contributed by atoms with van der Waals surface area (Å²) < 4.78 is 26.1. The Morgan fingerprint density at radius 2 is 1.71 bits per heavy atom. The normalized spacial score (nSPS) is 13.1. The largest absolute Gasteiger partial charge is 0.352 e. The Morgan fingerprint density at radius 3 is 2.29 bits per heavy atom. The van der Waals surface area contributed by atoms with Crippen LogP contribution in [-0.2, 0) is 26.2 Å². The van der Waals surface area contributed by atoms with Gasteiger partial charge in [0, 0.05) is 25.6 Å². The number of hydrogen-bond acceptors (Lipinski definition) is 4. The number of nitrogens with one attached hydrogen (secondary N) is 1. The lowest BCUT2D eigenvalue weighted by Gasteiger charge is -2.30. The average molecular weight is 488 g/mol. The van der Waals surface area contributed by atoms with Crippen molar-refractivity contribution in [3.8, 4) is 0 Å². The monoisotopic (exact) mass is 487 g/mol. The Morgan fingerprint density at radius 1 is 1.03 bits per heavy atom. The fourth-order valence-electron chi connectivity index (χ4n) is 3.62. The molecule has 0 heterocycles. The predicted molar refractivity (Wildman–Crippen MR) is 137 cm³/mol. The summed E-state index contributed by atoms with van der Waals surface area (Å²) in [7, 11) is -3.50. The highest BCUT2D eigenvalue weighted by molar-refractivity contribution is 7.92. The standard InChI is InChI=1S/C26H37N3O4S/c1-6-21(3)27-26(31)22(4)28(19-23-13-8-7-9-14-23)25(30)16-11-17-29(34(5,32)33)24-15-10-12-20(2)18-24/h7-10,12-15,18,21-22H,6,11,16-17,19H2,1-5H3,(H,27,31)/t21-,22-/m0/s1. The highest BCUT2D eigenvalue weighted by Crippen LogP contribution is 2.20. The lowest BCUT2D eigenvalue weighted by molar-refractivity contribution is -0.140. The summed E-state index contributed by atoms with van der Waals surface area (Å²) in [5.41, 5.74) is 2.46. The van der Waals surface area contributed by atoms with E-state index < -0.39 is 16.1 Å². The third kappa shape index (κ3) is 8.17. The quantitative estimate of drug-likeness (QED) is 0.492. The Balaban J connectivity index is 2.14. The van der Waals surface area contributed by atoms with Crippen LogP contribution >= 0.6 is 0 Å². The van der Waals surface area contributed by atoms with E-state index in [1.807, 2.05) is 69.3 Å². The molecule has 1 N–H and O–H groups in total. The molecule has 186 valence electrons. The van der Waals surface area contributed by atoms with E-state index >= 15 is 0 Å². The second-order valence-corrected chi connectivity index (χ2v) is 10.7. The van der Waals surface area contributed by atoms with E-state index in [0.29, 0.717) is 18.7 Å². The van der Waals surface area contributed by atoms with Crippen LogP contribution in [0.3, 0.4) is 0 Å². The molecule has 0 aliphatic carbocycles. The van der Waals surface area contributed by atoms with Crippen molar-refractivity contribution in [2.45, 2.75) is 65.6 Å². The van der Waals surface area contributed by atoms with Crippen molar-refractivity contribution in [1.29, 1.82) is 0 Å². The van der Waals surface area contributed by atoms with Gasteiger partial charge in [0.05, 0.1) is 11.9 Å². The Bertz CT molecular complexity index is 1060. The molecule has 0 saturated carbocycles. The molecular formula is C26H37N3O4S. The lowest BCUT2D eigenvalue weighted by Crippen LogP contribution is -2.49. The molecule has 8 heteroatoms. The number of carbonyl (C=O) groups excluding carboxylic acids is 2. The van der Waals surface area contributed by atoms with E-state index in [0.717, 1.165) is 17.5 Å². The van der Waals surface area contributed by atoms with E-state index in [-0.39, 0.29) is 30.8 Å². The van der Waals surface area contributed by atoms with Crippen molar-refractivity contribution in [1.82, 2.24) is 10.2 Å². The smallest absolute Gasteiger partial charge is 0.242 e. The number of carbonyl (C=O) groups is 2. The number of aryl methyl sites for hydroxylation is 1. The van der Waals surface area contributed by atoms with Crippen LogP contribution in [0.1, 0.15) is 51.2 Å². The third-order valence-corrected chi connectivity index (χ3v) is 7.00. The van der Waals surface area contributed by atoms with Gasteiger partial charge < -0.3 is 10.2 Å². The van der Waals surface area contributed by atoms with Crippen LogP contribution in [0.15, 0.2) is 54.6 Å². The van der Waals surface area contributed by atoms with Crippen molar-refractivity contribution in [3.63, 3.8) is 0 Å². The number of hydrogen-bond donors (Lipinski definition) is 1. The summed E-state index contributed by atoms with van der Waals surface area (Å²) in [5, 5.41) is 2.95. The third-order valence-electron chi connectivity index (χ3n) is 5.81. The van der Waals surface area contributed by atoms with Gasteiger partial charge in [0.25, 0.3) is 0 Å². The molecule has 0 spiro atoms. The number of nitrogens with zero attached hydrogens (tertiary/aromatic N) is 2. The van der Waals surface area contributed by atoms with Crippen molar-refractivity contribution in [2.24, 2.45) is 0 Å². The molecule has 34 heavy (non-hydrogen) atoms. The van der Waals surface area contributed by atoms with E-state index in [4.69, 9.17) is 0 Å². The van der Waals surface area contributed by atoms with Crippen molar-refractivity contribution >= 4 is 27.5 Å². The minimum Gasteiger partial charge on any atom is -0.352 e. The molecule has 0 aliphatic rings. The first-order chi connectivity index (χ1) is 16.0. The number of anilines is 1. The van der Waals surface area contributed by atoms with Gasteiger partial charge in [-0.15, -0.1) is 0 Å². The molecule has 2 rings (SSSR count). The minimum absolute atomic E-state index is 0.0151. The molecule has 0 unspecified atom stereocenters. The maximum absolute atomic E-state index is 13.2. The zero-order valence-electron chi connectivity index (χ0n) is 20.8. The maximum Gasteiger partial charge on any atom is 0.242 e. The highest BCUT2D eigenvalue weighted by Gasteiger charge is 2.27. The first-order valence-electron chi connectivity index (χ1n) is 11.7. The molecule has 0 bridgehead atoms. The van der Waals surface area contributed by atoms with E-state index in [9.17, 15) is 18.0 Å². The van der Waals surface area contributed by atoms with Gasteiger partial charge in [-0.25, -0.2) is 8.42 Å². The summed E-state index contributed by atoms with van der Waals surface area (Å²) in [4.78, 5) is 27.6. The molecule has 7 nitrogen and oxygen atoms in total. The predicted octanol–water partition coefficient (Wildman–Crippen LogP) is 3.87. The van der Waals surface area contributed by atoms with E-state index in [1.165, 1.54) is 10.6 Å². The zero-order valence-corrected chi connectivity index (χ0v) is 21.6. The number of sulfonamides is 1. The second kappa shape index (κ2) is 12.6. The van der Waals surface area contributed by atoms with E-state index in [2.05, 4.69) is 5.32 Å². The van der Waals surface area contributed by atoms with Gasteiger partial charge >= 0.3 is 0 Å². The molecule has 0 radical (unpaired) electrons. The Kier molecular flexibility index (Phi) is 10.1. The first kappa shape index (κ1) is 27.4. The van der Waals surface area contributed by atoms with Crippen LogP contribution in [0.2, 0.25) is 0 Å². The van der Waals surface area contributed by atoms with Crippen LogP contribution in [0.4, 0.5) is 5.69 Å². The molecular weight excluding hydrogens is 450 g/mol. The van der Waals surface area contributed by atoms with Crippen molar-refractivity contribution in [2.75, 3.05) is 17.1 Å². The van der Waals surface area contributed by atoms with Gasteiger partial charge in [-0.1, -0.05) is 49.4 Å². The van der Waals surface area contributed by atoms with Crippen molar-refractivity contribution < 1.29 is 18.0 Å². The molecule has 0 aliphatic heterocycles. The fraction of sp³-hybridized carbons (Fsp3) is 0.462.